The number of carbonyl (C=O) groups excluding carboxylic acids is 1. The number of carbonyl (C=O) groups is 1. The Labute approximate surface area is 128 Å². The summed E-state index contributed by atoms with van der Waals surface area (Å²) in [7, 11) is 0. The molecule has 1 aromatic carbocycles. The van der Waals surface area contributed by atoms with E-state index in [-0.39, 0.29) is 11.5 Å². The number of alkyl halides is 2. The van der Waals surface area contributed by atoms with E-state index in [9.17, 15) is 9.90 Å². The molecular weight excluding hydrogens is 297 g/mol. The fourth-order valence-corrected chi connectivity index (χ4v) is 2.69. The second-order valence-corrected chi connectivity index (χ2v) is 5.92. The van der Waals surface area contributed by atoms with Gasteiger partial charge in [0.2, 0.25) is 0 Å². The maximum atomic E-state index is 12.2. The Balaban J connectivity index is 2.19. The lowest BCUT2D eigenvalue weighted by atomic mass is 10.1. The van der Waals surface area contributed by atoms with E-state index in [4.69, 9.17) is 23.2 Å². The van der Waals surface area contributed by atoms with E-state index in [0.29, 0.717) is 11.3 Å². The lowest BCUT2D eigenvalue weighted by molar-refractivity contribution is 0.104. The van der Waals surface area contributed by atoms with Crippen LogP contribution in [0.1, 0.15) is 29.6 Å². The number of nitrogens with zero attached hydrogens (tertiary/aromatic N) is 1. The highest BCUT2D eigenvalue weighted by Gasteiger charge is 2.20. The van der Waals surface area contributed by atoms with Crippen LogP contribution >= 0.6 is 23.2 Å². The Morgan fingerprint density at radius 1 is 1.15 bits per heavy atom. The van der Waals surface area contributed by atoms with Gasteiger partial charge in [-0.05, 0) is 43.5 Å². The van der Waals surface area contributed by atoms with Crippen molar-refractivity contribution in [2.24, 2.45) is 0 Å². The quantitative estimate of drug-likeness (QED) is 0.523. The zero-order chi connectivity index (χ0) is 14.5. The first-order valence-corrected chi connectivity index (χ1v) is 7.53. The van der Waals surface area contributed by atoms with Crippen LogP contribution in [0.2, 0.25) is 0 Å². The minimum atomic E-state index is -0.714. The van der Waals surface area contributed by atoms with Gasteiger partial charge in [-0.2, -0.15) is 0 Å². The lowest BCUT2D eigenvalue weighted by Gasteiger charge is -2.31. The van der Waals surface area contributed by atoms with Crippen LogP contribution in [0.5, 0.6) is 5.75 Å². The number of piperidine rings is 1. The third-order valence-corrected chi connectivity index (χ3v) is 3.82. The van der Waals surface area contributed by atoms with Crippen LogP contribution in [-0.2, 0) is 0 Å². The minimum Gasteiger partial charge on any atom is -0.508 e. The van der Waals surface area contributed by atoms with Crippen molar-refractivity contribution in [2.75, 3.05) is 13.1 Å². The molecule has 1 N–H and O–H groups in total. The van der Waals surface area contributed by atoms with Crippen molar-refractivity contribution in [3.8, 4) is 5.75 Å². The van der Waals surface area contributed by atoms with Crippen LogP contribution in [0, 0.1) is 0 Å². The Kier molecular flexibility index (Phi) is 5.32. The number of likely N-dealkylation sites (tertiary alicyclic amines) is 1. The van der Waals surface area contributed by atoms with Crippen molar-refractivity contribution >= 4 is 29.0 Å². The Hall–Kier alpha value is -1.19. The van der Waals surface area contributed by atoms with Gasteiger partial charge in [-0.15, -0.1) is 0 Å². The van der Waals surface area contributed by atoms with Crippen LogP contribution in [0.25, 0.3) is 0 Å². The fourth-order valence-electron chi connectivity index (χ4n) is 2.29. The highest BCUT2D eigenvalue weighted by molar-refractivity contribution is 6.46. The number of hydrogen-bond acceptors (Lipinski definition) is 3. The van der Waals surface area contributed by atoms with Gasteiger partial charge in [0.05, 0.1) is 5.70 Å². The summed E-state index contributed by atoms with van der Waals surface area (Å²) in [4.78, 5) is 13.6. The first kappa shape index (κ1) is 15.2. The predicted octanol–water partition coefficient (Wildman–Crippen LogP) is 3.75. The molecule has 1 aromatic rings. The third kappa shape index (κ3) is 3.90. The standard InChI is InChI=1S/C15H17Cl2NO2/c16-15(17)13(18-8-2-1-3-9-18)10-14(20)11-4-6-12(19)7-5-11/h4-7,10,15,19H,1-3,8-9H2. The third-order valence-electron chi connectivity index (χ3n) is 3.38. The maximum Gasteiger partial charge on any atom is 0.187 e. The molecule has 0 bridgehead atoms. The normalized spacial score (nSPS) is 16.6. The summed E-state index contributed by atoms with van der Waals surface area (Å²) >= 11 is 12.0. The van der Waals surface area contributed by atoms with Gasteiger partial charge in [-0.1, -0.05) is 23.2 Å². The van der Waals surface area contributed by atoms with Gasteiger partial charge in [0, 0.05) is 24.7 Å². The number of phenols is 1. The van der Waals surface area contributed by atoms with E-state index < -0.39 is 4.84 Å². The van der Waals surface area contributed by atoms with Crippen LogP contribution < -0.4 is 0 Å². The molecule has 1 saturated heterocycles. The van der Waals surface area contributed by atoms with Crippen LogP contribution in [0.15, 0.2) is 36.0 Å². The number of phenolic OH excluding ortho intramolecular Hbond substituents is 1. The number of aromatic hydroxyl groups is 1. The van der Waals surface area contributed by atoms with Crippen molar-refractivity contribution in [3.63, 3.8) is 0 Å². The monoisotopic (exact) mass is 313 g/mol. The van der Waals surface area contributed by atoms with Crippen molar-refractivity contribution in [1.82, 2.24) is 4.90 Å². The second-order valence-electron chi connectivity index (χ2n) is 4.83. The number of benzene rings is 1. The van der Waals surface area contributed by atoms with Crippen molar-refractivity contribution in [3.05, 3.63) is 41.6 Å². The maximum absolute atomic E-state index is 12.2. The van der Waals surface area contributed by atoms with E-state index in [2.05, 4.69) is 4.90 Å². The van der Waals surface area contributed by atoms with Gasteiger partial charge in [0.1, 0.15) is 10.6 Å². The molecule has 0 aromatic heterocycles. The first-order chi connectivity index (χ1) is 9.58. The first-order valence-electron chi connectivity index (χ1n) is 6.66. The molecule has 0 aliphatic carbocycles. The van der Waals surface area contributed by atoms with Gasteiger partial charge in [0.15, 0.2) is 5.78 Å². The summed E-state index contributed by atoms with van der Waals surface area (Å²) in [6, 6.07) is 6.14. The molecule has 0 amide bonds. The molecule has 108 valence electrons. The largest absolute Gasteiger partial charge is 0.508 e. The number of halogens is 2. The summed E-state index contributed by atoms with van der Waals surface area (Å²) < 4.78 is 0. The molecule has 2 rings (SSSR count). The minimum absolute atomic E-state index is 0.134. The molecule has 1 aliphatic heterocycles. The Morgan fingerprint density at radius 3 is 2.30 bits per heavy atom. The highest BCUT2D eigenvalue weighted by atomic mass is 35.5. The molecule has 3 nitrogen and oxygen atoms in total. The van der Waals surface area contributed by atoms with Crippen molar-refractivity contribution < 1.29 is 9.90 Å². The summed E-state index contributed by atoms with van der Waals surface area (Å²) in [6.45, 7) is 1.76. The summed E-state index contributed by atoms with van der Waals surface area (Å²) in [5.74, 6) is -0.0220. The molecule has 20 heavy (non-hydrogen) atoms. The molecule has 1 aliphatic rings. The molecular formula is C15H17Cl2NO2. The molecule has 0 spiro atoms. The SMILES string of the molecule is O=C(C=C(C(Cl)Cl)N1CCCCC1)c1ccc(O)cc1. The van der Waals surface area contributed by atoms with E-state index in [1.165, 1.54) is 24.6 Å². The van der Waals surface area contributed by atoms with Gasteiger partial charge in [-0.25, -0.2) is 0 Å². The van der Waals surface area contributed by atoms with Crippen LogP contribution in [0.3, 0.4) is 0 Å². The highest BCUT2D eigenvalue weighted by Crippen LogP contribution is 2.24. The smallest absolute Gasteiger partial charge is 0.187 e. The molecule has 0 atom stereocenters. The molecule has 5 heteroatoms. The zero-order valence-corrected chi connectivity index (χ0v) is 12.6. The van der Waals surface area contributed by atoms with E-state index in [0.717, 1.165) is 25.9 Å². The molecule has 1 heterocycles. The molecule has 0 unspecified atom stereocenters. The molecule has 1 fully saturated rings. The van der Waals surface area contributed by atoms with Crippen LogP contribution in [0.4, 0.5) is 0 Å². The number of ketones is 1. The summed E-state index contributed by atoms with van der Waals surface area (Å²) in [5, 5.41) is 9.24. The number of hydrogen-bond donors (Lipinski definition) is 1. The summed E-state index contributed by atoms with van der Waals surface area (Å²) in [5.41, 5.74) is 1.16. The number of allylic oxidation sites excluding steroid dienone is 2. The van der Waals surface area contributed by atoms with E-state index >= 15 is 0 Å². The zero-order valence-electron chi connectivity index (χ0n) is 11.1. The average Bonchev–Trinajstić information content (AvgIpc) is 2.46. The predicted molar refractivity (Wildman–Crippen MR) is 81.4 cm³/mol. The molecule has 0 radical (unpaired) electrons. The van der Waals surface area contributed by atoms with Gasteiger partial charge >= 0.3 is 0 Å². The topological polar surface area (TPSA) is 40.5 Å². The summed E-state index contributed by atoms with van der Waals surface area (Å²) in [6.07, 6.45) is 4.88. The van der Waals surface area contributed by atoms with Gasteiger partial charge in [0.25, 0.3) is 0 Å². The van der Waals surface area contributed by atoms with Crippen molar-refractivity contribution in [1.29, 1.82) is 0 Å². The Bertz CT molecular complexity index is 491. The second kappa shape index (κ2) is 7.00. The fraction of sp³-hybridized carbons (Fsp3) is 0.400. The molecule has 0 saturated carbocycles. The van der Waals surface area contributed by atoms with E-state index in [1.54, 1.807) is 12.1 Å². The van der Waals surface area contributed by atoms with Gasteiger partial charge in [-0.3, -0.25) is 4.79 Å². The van der Waals surface area contributed by atoms with Crippen molar-refractivity contribution in [2.45, 2.75) is 24.1 Å². The number of rotatable bonds is 4. The Morgan fingerprint density at radius 2 is 1.75 bits per heavy atom. The van der Waals surface area contributed by atoms with Crippen LogP contribution in [-0.4, -0.2) is 33.7 Å². The van der Waals surface area contributed by atoms with Gasteiger partial charge < -0.3 is 10.0 Å². The average molecular weight is 314 g/mol. The lowest BCUT2D eigenvalue weighted by Crippen LogP contribution is -2.32. The van der Waals surface area contributed by atoms with E-state index in [1.807, 2.05) is 0 Å².